The summed E-state index contributed by atoms with van der Waals surface area (Å²) in [5.74, 6) is 0.744. The van der Waals surface area contributed by atoms with Crippen molar-refractivity contribution in [2.45, 2.75) is 34.1 Å². The molecule has 20 heavy (non-hydrogen) atoms. The van der Waals surface area contributed by atoms with Crippen molar-refractivity contribution >= 4 is 11.9 Å². The standard InChI is InChI=1S/C15H24O5/c1-5-18-15-7-6-13(8-19-11(3)16)14(10(15)2)9-20-12(4)17/h7,10,13-14H,5-6,8-9H2,1-4H3. The van der Waals surface area contributed by atoms with Crippen LogP contribution < -0.4 is 0 Å². The summed E-state index contributed by atoms with van der Waals surface area (Å²) in [5.41, 5.74) is 0. The topological polar surface area (TPSA) is 61.8 Å². The Labute approximate surface area is 120 Å². The molecule has 0 amide bonds. The van der Waals surface area contributed by atoms with Crippen molar-refractivity contribution in [3.63, 3.8) is 0 Å². The van der Waals surface area contributed by atoms with Gasteiger partial charge in [0.1, 0.15) is 0 Å². The van der Waals surface area contributed by atoms with Crippen LogP contribution in [0, 0.1) is 17.8 Å². The molecule has 5 heteroatoms. The molecular weight excluding hydrogens is 260 g/mol. The second-order valence-corrected chi connectivity index (χ2v) is 5.09. The van der Waals surface area contributed by atoms with Crippen molar-refractivity contribution in [1.82, 2.24) is 0 Å². The van der Waals surface area contributed by atoms with Crippen molar-refractivity contribution < 1.29 is 23.8 Å². The summed E-state index contributed by atoms with van der Waals surface area (Å²) >= 11 is 0. The minimum absolute atomic E-state index is 0.102. The van der Waals surface area contributed by atoms with E-state index >= 15 is 0 Å². The van der Waals surface area contributed by atoms with E-state index in [9.17, 15) is 9.59 Å². The van der Waals surface area contributed by atoms with Gasteiger partial charge in [-0.3, -0.25) is 9.59 Å². The van der Waals surface area contributed by atoms with Crippen molar-refractivity contribution in [3.8, 4) is 0 Å². The first kappa shape index (κ1) is 16.5. The Hall–Kier alpha value is -1.52. The lowest BCUT2D eigenvalue weighted by Gasteiger charge is -2.35. The lowest BCUT2D eigenvalue weighted by molar-refractivity contribution is -0.148. The molecule has 0 aliphatic heterocycles. The minimum Gasteiger partial charge on any atom is -0.498 e. The highest BCUT2D eigenvalue weighted by Gasteiger charge is 2.34. The fourth-order valence-electron chi connectivity index (χ4n) is 2.51. The Bertz CT molecular complexity index is 374. The number of carbonyl (C=O) groups excluding carboxylic acids is 2. The minimum atomic E-state index is -0.295. The zero-order chi connectivity index (χ0) is 15.1. The molecule has 0 N–H and O–H groups in total. The molecule has 1 rings (SSSR count). The summed E-state index contributed by atoms with van der Waals surface area (Å²) in [5, 5.41) is 0. The van der Waals surface area contributed by atoms with E-state index < -0.39 is 0 Å². The highest BCUT2D eigenvalue weighted by Crippen LogP contribution is 2.36. The van der Waals surface area contributed by atoms with Crippen LogP contribution in [0.4, 0.5) is 0 Å². The maximum absolute atomic E-state index is 11.0. The summed E-state index contributed by atoms with van der Waals surface area (Å²) in [7, 11) is 0. The smallest absolute Gasteiger partial charge is 0.302 e. The maximum atomic E-state index is 11.0. The van der Waals surface area contributed by atoms with E-state index in [2.05, 4.69) is 6.92 Å². The number of ether oxygens (including phenoxy) is 3. The Balaban J connectivity index is 2.74. The Morgan fingerprint density at radius 2 is 1.80 bits per heavy atom. The maximum Gasteiger partial charge on any atom is 0.302 e. The molecule has 5 nitrogen and oxygen atoms in total. The van der Waals surface area contributed by atoms with Gasteiger partial charge in [-0.25, -0.2) is 0 Å². The van der Waals surface area contributed by atoms with Gasteiger partial charge in [0.15, 0.2) is 0 Å². The van der Waals surface area contributed by atoms with E-state index in [1.807, 2.05) is 13.0 Å². The lowest BCUT2D eigenvalue weighted by atomic mass is 9.76. The summed E-state index contributed by atoms with van der Waals surface area (Å²) in [6, 6.07) is 0. The zero-order valence-corrected chi connectivity index (χ0v) is 12.7. The third-order valence-corrected chi connectivity index (χ3v) is 3.61. The third-order valence-electron chi connectivity index (χ3n) is 3.61. The molecule has 0 heterocycles. The van der Waals surface area contributed by atoms with E-state index in [4.69, 9.17) is 14.2 Å². The van der Waals surface area contributed by atoms with Gasteiger partial charge in [0.25, 0.3) is 0 Å². The van der Waals surface area contributed by atoms with Crippen LogP contribution in [0.25, 0.3) is 0 Å². The van der Waals surface area contributed by atoms with E-state index in [0.717, 1.165) is 12.2 Å². The average molecular weight is 284 g/mol. The monoisotopic (exact) mass is 284 g/mol. The van der Waals surface area contributed by atoms with Crippen LogP contribution in [0.2, 0.25) is 0 Å². The SMILES string of the molecule is CCOC1=CCC(COC(C)=O)C(COC(C)=O)C1C. The van der Waals surface area contributed by atoms with Gasteiger partial charge in [-0.1, -0.05) is 6.92 Å². The molecule has 0 saturated heterocycles. The van der Waals surface area contributed by atoms with Crippen LogP contribution >= 0.6 is 0 Å². The number of rotatable bonds is 6. The highest BCUT2D eigenvalue weighted by molar-refractivity contribution is 5.66. The molecule has 1 aliphatic rings. The predicted molar refractivity (Wildman–Crippen MR) is 73.7 cm³/mol. The molecule has 0 aromatic carbocycles. The van der Waals surface area contributed by atoms with Gasteiger partial charge < -0.3 is 14.2 Å². The van der Waals surface area contributed by atoms with Crippen LogP contribution in [-0.4, -0.2) is 31.8 Å². The van der Waals surface area contributed by atoms with Crippen LogP contribution in [0.3, 0.4) is 0 Å². The van der Waals surface area contributed by atoms with Crippen molar-refractivity contribution in [2.75, 3.05) is 19.8 Å². The van der Waals surface area contributed by atoms with E-state index in [-0.39, 0.29) is 29.7 Å². The second-order valence-electron chi connectivity index (χ2n) is 5.09. The van der Waals surface area contributed by atoms with Gasteiger partial charge in [0.05, 0.1) is 25.6 Å². The molecule has 0 saturated carbocycles. The van der Waals surface area contributed by atoms with E-state index in [1.165, 1.54) is 13.8 Å². The van der Waals surface area contributed by atoms with E-state index in [0.29, 0.717) is 19.8 Å². The van der Waals surface area contributed by atoms with Crippen LogP contribution in [0.1, 0.15) is 34.1 Å². The molecule has 1 aliphatic carbocycles. The number of allylic oxidation sites excluding steroid dienone is 2. The Morgan fingerprint density at radius 3 is 2.35 bits per heavy atom. The quantitative estimate of drug-likeness (QED) is 0.700. The number of carbonyl (C=O) groups is 2. The lowest BCUT2D eigenvalue weighted by Crippen LogP contribution is -2.35. The molecule has 0 bridgehead atoms. The molecule has 0 aromatic rings. The molecule has 0 spiro atoms. The predicted octanol–water partition coefficient (Wildman–Crippen LogP) is 2.31. The third kappa shape index (κ3) is 4.87. The molecule has 0 aromatic heterocycles. The van der Waals surface area contributed by atoms with E-state index in [1.54, 1.807) is 0 Å². The molecule has 114 valence electrons. The summed E-state index contributed by atoms with van der Waals surface area (Å²) in [6.45, 7) is 8.08. The molecule has 0 radical (unpaired) electrons. The molecule has 0 fully saturated rings. The number of hydrogen-bond acceptors (Lipinski definition) is 5. The average Bonchev–Trinajstić information content (AvgIpc) is 2.37. The molecule has 3 unspecified atom stereocenters. The number of esters is 2. The first-order valence-electron chi connectivity index (χ1n) is 7.05. The molecule has 3 atom stereocenters. The van der Waals surface area contributed by atoms with Gasteiger partial charge in [-0.15, -0.1) is 0 Å². The van der Waals surface area contributed by atoms with Gasteiger partial charge in [-0.05, 0) is 19.4 Å². The first-order valence-corrected chi connectivity index (χ1v) is 7.05. The second kappa shape index (κ2) is 7.92. The summed E-state index contributed by atoms with van der Waals surface area (Å²) in [4.78, 5) is 22.0. The van der Waals surface area contributed by atoms with Gasteiger partial charge >= 0.3 is 11.9 Å². The van der Waals surface area contributed by atoms with Gasteiger partial charge in [0.2, 0.25) is 0 Å². The summed E-state index contributed by atoms with van der Waals surface area (Å²) < 4.78 is 15.9. The fourth-order valence-corrected chi connectivity index (χ4v) is 2.51. The van der Waals surface area contributed by atoms with Gasteiger partial charge in [-0.2, -0.15) is 0 Å². The first-order chi connectivity index (χ1) is 9.45. The van der Waals surface area contributed by atoms with Crippen LogP contribution in [0.5, 0.6) is 0 Å². The van der Waals surface area contributed by atoms with Crippen molar-refractivity contribution in [3.05, 3.63) is 11.8 Å². The Kier molecular flexibility index (Phi) is 6.55. The fraction of sp³-hybridized carbons (Fsp3) is 0.733. The Morgan fingerprint density at radius 1 is 1.20 bits per heavy atom. The normalized spacial score (nSPS) is 25.6. The largest absolute Gasteiger partial charge is 0.498 e. The zero-order valence-electron chi connectivity index (χ0n) is 12.7. The van der Waals surface area contributed by atoms with Crippen molar-refractivity contribution in [1.29, 1.82) is 0 Å². The van der Waals surface area contributed by atoms with Crippen molar-refractivity contribution in [2.24, 2.45) is 17.8 Å². The number of hydrogen-bond donors (Lipinski definition) is 0. The highest BCUT2D eigenvalue weighted by atomic mass is 16.5. The summed E-state index contributed by atoms with van der Waals surface area (Å²) in [6.07, 6.45) is 2.81. The molecular formula is C15H24O5. The van der Waals surface area contributed by atoms with Crippen LogP contribution in [0.15, 0.2) is 11.8 Å². The van der Waals surface area contributed by atoms with Crippen LogP contribution in [-0.2, 0) is 23.8 Å². The van der Waals surface area contributed by atoms with Gasteiger partial charge in [0, 0.05) is 31.6 Å².